The van der Waals surface area contributed by atoms with Crippen molar-refractivity contribution in [3.63, 3.8) is 0 Å². The Morgan fingerprint density at radius 1 is 1.35 bits per heavy atom. The molecule has 0 aliphatic rings. The number of aromatic nitrogens is 2. The SMILES string of the molecule is CCCCC(CC)Cn1cc(S(=O)(=O)Cl)nc1C(C)C. The van der Waals surface area contributed by atoms with Crippen molar-refractivity contribution in [3.8, 4) is 0 Å². The average molecular weight is 321 g/mol. The van der Waals surface area contributed by atoms with Crippen LogP contribution in [0.1, 0.15) is 65.1 Å². The first-order chi connectivity index (χ1) is 9.29. The molecule has 0 amide bonds. The molecule has 0 aromatic carbocycles. The van der Waals surface area contributed by atoms with Gasteiger partial charge in [0.15, 0.2) is 5.03 Å². The van der Waals surface area contributed by atoms with Gasteiger partial charge >= 0.3 is 0 Å². The van der Waals surface area contributed by atoms with Gasteiger partial charge < -0.3 is 4.57 Å². The van der Waals surface area contributed by atoms with Gasteiger partial charge in [-0.2, -0.15) is 0 Å². The largest absolute Gasteiger partial charge is 0.333 e. The van der Waals surface area contributed by atoms with Gasteiger partial charge in [0.2, 0.25) is 0 Å². The highest BCUT2D eigenvalue weighted by Gasteiger charge is 2.20. The minimum Gasteiger partial charge on any atom is -0.333 e. The summed E-state index contributed by atoms with van der Waals surface area (Å²) in [6.07, 6.45) is 6.19. The summed E-state index contributed by atoms with van der Waals surface area (Å²) in [6, 6.07) is 0. The Morgan fingerprint density at radius 3 is 2.45 bits per heavy atom. The predicted octanol–water partition coefficient (Wildman–Crippen LogP) is 4.15. The average Bonchev–Trinajstić information content (AvgIpc) is 2.78. The van der Waals surface area contributed by atoms with Crippen molar-refractivity contribution in [2.75, 3.05) is 0 Å². The number of halogens is 1. The van der Waals surface area contributed by atoms with Crippen LogP contribution < -0.4 is 0 Å². The Hall–Kier alpha value is -0.550. The molecule has 0 fully saturated rings. The maximum atomic E-state index is 11.4. The van der Waals surface area contributed by atoms with Crippen molar-refractivity contribution in [2.24, 2.45) is 5.92 Å². The van der Waals surface area contributed by atoms with Crippen molar-refractivity contribution in [2.45, 2.75) is 70.9 Å². The summed E-state index contributed by atoms with van der Waals surface area (Å²) >= 11 is 0. The van der Waals surface area contributed by atoms with Crippen molar-refractivity contribution in [3.05, 3.63) is 12.0 Å². The Morgan fingerprint density at radius 2 is 2.00 bits per heavy atom. The Labute approximate surface area is 127 Å². The molecule has 0 spiro atoms. The molecular formula is C14H25ClN2O2S. The first-order valence-corrected chi connectivity index (χ1v) is 9.62. The first-order valence-electron chi connectivity index (χ1n) is 7.31. The highest BCUT2D eigenvalue weighted by molar-refractivity contribution is 8.13. The van der Waals surface area contributed by atoms with Crippen molar-refractivity contribution in [1.29, 1.82) is 0 Å². The van der Waals surface area contributed by atoms with E-state index in [2.05, 4.69) is 18.8 Å². The second-order valence-electron chi connectivity index (χ2n) is 5.60. The zero-order valence-corrected chi connectivity index (χ0v) is 14.3. The molecular weight excluding hydrogens is 296 g/mol. The third-order valence-electron chi connectivity index (χ3n) is 3.55. The Bertz CT molecular complexity index is 523. The molecule has 1 rings (SSSR count). The highest BCUT2D eigenvalue weighted by Crippen LogP contribution is 2.23. The number of hydrogen-bond acceptors (Lipinski definition) is 3. The standard InChI is InChI=1S/C14H25ClN2O2S/c1-5-7-8-12(6-2)9-17-10-13(20(15,18)19)16-14(17)11(3)4/h10-12H,5-9H2,1-4H3. The third kappa shape index (κ3) is 4.77. The highest BCUT2D eigenvalue weighted by atomic mass is 35.7. The molecule has 4 nitrogen and oxygen atoms in total. The molecule has 116 valence electrons. The monoisotopic (exact) mass is 320 g/mol. The van der Waals surface area contributed by atoms with E-state index in [1.807, 2.05) is 18.4 Å². The normalized spacial score (nSPS) is 13.9. The van der Waals surface area contributed by atoms with E-state index >= 15 is 0 Å². The van der Waals surface area contributed by atoms with Crippen LogP contribution in [-0.2, 0) is 15.6 Å². The number of nitrogens with zero attached hydrogens (tertiary/aromatic N) is 2. The number of unbranched alkanes of at least 4 members (excludes halogenated alkanes) is 1. The quantitative estimate of drug-likeness (QED) is 0.676. The number of rotatable bonds is 8. The van der Waals surface area contributed by atoms with Crippen LogP contribution in [0.3, 0.4) is 0 Å². The summed E-state index contributed by atoms with van der Waals surface area (Å²) in [7, 11) is 1.64. The predicted molar refractivity (Wildman–Crippen MR) is 82.7 cm³/mol. The van der Waals surface area contributed by atoms with E-state index in [0.29, 0.717) is 5.92 Å². The van der Waals surface area contributed by atoms with Gasteiger partial charge in [0.1, 0.15) is 5.82 Å². The van der Waals surface area contributed by atoms with Gasteiger partial charge in [-0.05, 0) is 12.3 Å². The lowest BCUT2D eigenvalue weighted by Gasteiger charge is -2.17. The van der Waals surface area contributed by atoms with Gasteiger partial charge in [-0.3, -0.25) is 0 Å². The minimum absolute atomic E-state index is 0.0341. The van der Waals surface area contributed by atoms with Crippen LogP contribution in [0, 0.1) is 5.92 Å². The molecule has 0 saturated heterocycles. The second kappa shape index (κ2) is 7.46. The summed E-state index contributed by atoms with van der Waals surface area (Å²) in [4.78, 5) is 4.19. The van der Waals surface area contributed by atoms with Crippen LogP contribution >= 0.6 is 10.7 Å². The van der Waals surface area contributed by atoms with Crippen LogP contribution in [-0.4, -0.2) is 18.0 Å². The summed E-state index contributed by atoms with van der Waals surface area (Å²) < 4.78 is 24.8. The molecule has 1 atom stereocenters. The molecule has 0 N–H and O–H groups in total. The van der Waals surface area contributed by atoms with E-state index in [0.717, 1.165) is 25.2 Å². The molecule has 0 radical (unpaired) electrons. The van der Waals surface area contributed by atoms with Crippen LogP contribution in [0.2, 0.25) is 0 Å². The zero-order valence-electron chi connectivity index (χ0n) is 12.8. The summed E-state index contributed by atoms with van der Waals surface area (Å²) in [5, 5.41) is -0.0341. The Balaban J connectivity index is 3.00. The molecule has 1 aromatic heterocycles. The zero-order chi connectivity index (χ0) is 15.3. The Kier molecular flexibility index (Phi) is 6.52. The van der Waals surface area contributed by atoms with E-state index in [4.69, 9.17) is 10.7 Å². The van der Waals surface area contributed by atoms with E-state index in [-0.39, 0.29) is 10.9 Å². The van der Waals surface area contributed by atoms with Gasteiger partial charge in [0.25, 0.3) is 9.05 Å². The van der Waals surface area contributed by atoms with Crippen molar-refractivity contribution in [1.82, 2.24) is 9.55 Å². The lowest BCUT2D eigenvalue weighted by atomic mass is 9.99. The first kappa shape index (κ1) is 17.5. The molecule has 1 aromatic rings. The van der Waals surface area contributed by atoms with E-state index in [1.54, 1.807) is 6.20 Å². The minimum atomic E-state index is -3.76. The summed E-state index contributed by atoms with van der Waals surface area (Å²) in [6.45, 7) is 9.18. The maximum Gasteiger partial charge on any atom is 0.280 e. The smallest absolute Gasteiger partial charge is 0.280 e. The number of imidazole rings is 1. The van der Waals surface area contributed by atoms with Gasteiger partial charge in [0, 0.05) is 29.3 Å². The van der Waals surface area contributed by atoms with Crippen LogP contribution in [0.5, 0.6) is 0 Å². The molecule has 20 heavy (non-hydrogen) atoms. The lowest BCUT2D eigenvalue weighted by molar-refractivity contribution is 0.382. The topological polar surface area (TPSA) is 52.0 Å². The summed E-state index contributed by atoms with van der Waals surface area (Å²) in [5.74, 6) is 1.51. The van der Waals surface area contributed by atoms with E-state index in [1.165, 1.54) is 12.8 Å². The molecule has 1 heterocycles. The molecule has 0 aliphatic carbocycles. The van der Waals surface area contributed by atoms with Crippen LogP contribution in [0.15, 0.2) is 11.2 Å². The molecule has 1 unspecified atom stereocenters. The fraction of sp³-hybridized carbons (Fsp3) is 0.786. The van der Waals surface area contributed by atoms with Crippen molar-refractivity contribution < 1.29 is 8.42 Å². The molecule has 6 heteroatoms. The van der Waals surface area contributed by atoms with Gasteiger partial charge in [-0.15, -0.1) is 0 Å². The van der Waals surface area contributed by atoms with E-state index in [9.17, 15) is 8.42 Å². The van der Waals surface area contributed by atoms with Crippen LogP contribution in [0.4, 0.5) is 0 Å². The number of hydrogen-bond donors (Lipinski definition) is 0. The fourth-order valence-corrected chi connectivity index (χ4v) is 3.00. The van der Waals surface area contributed by atoms with E-state index < -0.39 is 9.05 Å². The molecule has 0 aliphatic heterocycles. The summed E-state index contributed by atoms with van der Waals surface area (Å²) in [5.41, 5.74) is 0. The van der Waals surface area contributed by atoms with Gasteiger partial charge in [-0.1, -0.05) is 47.0 Å². The second-order valence-corrected chi connectivity index (χ2v) is 8.11. The lowest BCUT2D eigenvalue weighted by Crippen LogP contribution is -2.13. The van der Waals surface area contributed by atoms with Gasteiger partial charge in [0.05, 0.1) is 0 Å². The van der Waals surface area contributed by atoms with Crippen LogP contribution in [0.25, 0.3) is 0 Å². The molecule has 0 saturated carbocycles. The molecule has 0 bridgehead atoms. The van der Waals surface area contributed by atoms with Gasteiger partial charge in [-0.25, -0.2) is 13.4 Å². The fourth-order valence-electron chi connectivity index (χ4n) is 2.33. The maximum absolute atomic E-state index is 11.4. The van der Waals surface area contributed by atoms with Crippen molar-refractivity contribution >= 4 is 19.7 Å². The third-order valence-corrected chi connectivity index (χ3v) is 4.72.